The van der Waals surface area contributed by atoms with Gasteiger partial charge in [-0.1, -0.05) is 16.5 Å². The van der Waals surface area contributed by atoms with Gasteiger partial charge in [-0.3, -0.25) is 4.68 Å². The molecule has 0 spiro atoms. The zero-order valence-electron chi connectivity index (χ0n) is 13.2. The molecule has 8 nitrogen and oxygen atoms in total. The minimum absolute atomic E-state index is 0.595. The highest BCUT2D eigenvalue weighted by atomic mass is 32.1. The van der Waals surface area contributed by atoms with Gasteiger partial charge in [0, 0.05) is 24.7 Å². The van der Waals surface area contributed by atoms with Crippen molar-refractivity contribution in [1.29, 1.82) is 0 Å². The molecular weight excluding hydrogens is 314 g/mol. The molecule has 0 amide bonds. The number of rotatable bonds is 3. The van der Waals surface area contributed by atoms with E-state index in [1.54, 1.807) is 4.52 Å². The first-order chi connectivity index (χ1) is 11.0. The zero-order valence-corrected chi connectivity index (χ0v) is 14.0. The van der Waals surface area contributed by atoms with E-state index in [0.29, 0.717) is 6.42 Å². The van der Waals surface area contributed by atoms with Gasteiger partial charge in [-0.2, -0.15) is 14.7 Å². The van der Waals surface area contributed by atoms with Crippen LogP contribution in [-0.2, 0) is 13.5 Å². The first kappa shape index (κ1) is 14.1. The Morgan fingerprint density at radius 1 is 1.22 bits per heavy atom. The second kappa shape index (κ2) is 4.98. The van der Waals surface area contributed by atoms with E-state index >= 15 is 0 Å². The Morgan fingerprint density at radius 2 is 2.04 bits per heavy atom. The average molecular weight is 329 g/mol. The van der Waals surface area contributed by atoms with Crippen molar-refractivity contribution >= 4 is 16.3 Å². The van der Waals surface area contributed by atoms with Gasteiger partial charge in [-0.15, -0.1) is 10.2 Å². The quantitative estimate of drug-likeness (QED) is 0.572. The van der Waals surface area contributed by atoms with Crippen molar-refractivity contribution in [2.24, 2.45) is 7.05 Å². The van der Waals surface area contributed by atoms with Crippen LogP contribution in [0.25, 0.3) is 15.5 Å². The van der Waals surface area contributed by atoms with E-state index in [1.807, 2.05) is 38.7 Å². The molecule has 9 heteroatoms. The molecule has 0 aliphatic rings. The van der Waals surface area contributed by atoms with Crippen molar-refractivity contribution in [3.8, 4) is 10.6 Å². The molecule has 118 valence electrons. The molecule has 0 N–H and O–H groups in total. The Labute approximate surface area is 135 Å². The Morgan fingerprint density at radius 3 is 2.70 bits per heavy atom. The lowest BCUT2D eigenvalue weighted by Crippen LogP contribution is -1.99. The Bertz CT molecular complexity index is 987. The maximum atomic E-state index is 5.21. The molecule has 4 rings (SSSR count). The fourth-order valence-electron chi connectivity index (χ4n) is 2.50. The van der Waals surface area contributed by atoms with Gasteiger partial charge in [0.2, 0.25) is 4.96 Å². The number of aromatic nitrogens is 7. The summed E-state index contributed by atoms with van der Waals surface area (Å²) in [5.41, 5.74) is 4.00. The van der Waals surface area contributed by atoms with Gasteiger partial charge in [-0.05, 0) is 20.8 Å². The lowest BCUT2D eigenvalue weighted by Gasteiger charge is -1.97. The first-order valence-corrected chi connectivity index (χ1v) is 7.98. The number of hydrogen-bond donors (Lipinski definition) is 0. The average Bonchev–Trinajstić information content (AvgIpc) is 3.24. The predicted molar refractivity (Wildman–Crippen MR) is 84.4 cm³/mol. The SMILES string of the molecule is Cc1noc(C)c1Cc1nnc2sc(-c3cnn(C)c3C)nn12. The number of nitrogens with zero attached hydrogens (tertiary/aromatic N) is 7. The summed E-state index contributed by atoms with van der Waals surface area (Å²) in [5.74, 6) is 1.58. The molecule has 0 unspecified atom stereocenters. The minimum Gasteiger partial charge on any atom is -0.361 e. The van der Waals surface area contributed by atoms with Crippen LogP contribution in [0, 0.1) is 20.8 Å². The van der Waals surface area contributed by atoms with Crippen molar-refractivity contribution in [3.63, 3.8) is 0 Å². The second-order valence-corrected chi connectivity index (χ2v) is 6.42. The molecule has 23 heavy (non-hydrogen) atoms. The minimum atomic E-state index is 0.595. The number of fused-ring (bicyclic) bond motifs is 1. The van der Waals surface area contributed by atoms with Crippen LogP contribution in [-0.4, -0.2) is 34.7 Å². The van der Waals surface area contributed by atoms with Gasteiger partial charge < -0.3 is 4.52 Å². The zero-order chi connectivity index (χ0) is 16.1. The highest BCUT2D eigenvalue weighted by Crippen LogP contribution is 2.28. The van der Waals surface area contributed by atoms with E-state index in [9.17, 15) is 0 Å². The standard InChI is InChI=1S/C14H15N7OS/c1-7-10(9(3)22-19-7)5-12-16-17-14-21(12)18-13(23-14)11-6-15-20(4)8(11)2/h6H,5H2,1-4H3. The van der Waals surface area contributed by atoms with Gasteiger partial charge in [0.25, 0.3) is 0 Å². The smallest absolute Gasteiger partial charge is 0.234 e. The molecule has 4 heterocycles. The van der Waals surface area contributed by atoms with Crippen LogP contribution in [0.3, 0.4) is 0 Å². The van der Waals surface area contributed by atoms with Crippen LogP contribution in [0.2, 0.25) is 0 Å². The van der Waals surface area contributed by atoms with Gasteiger partial charge in [0.05, 0.1) is 17.5 Å². The van der Waals surface area contributed by atoms with Crippen LogP contribution < -0.4 is 0 Å². The van der Waals surface area contributed by atoms with Gasteiger partial charge in [0.1, 0.15) is 5.76 Å². The Balaban J connectivity index is 1.77. The molecule has 4 aromatic heterocycles. The fourth-order valence-corrected chi connectivity index (χ4v) is 3.42. The maximum Gasteiger partial charge on any atom is 0.234 e. The molecule has 0 aromatic carbocycles. The summed E-state index contributed by atoms with van der Waals surface area (Å²) in [6.45, 7) is 5.85. The molecule has 0 radical (unpaired) electrons. The predicted octanol–water partition coefficient (Wildman–Crippen LogP) is 2.09. The highest BCUT2D eigenvalue weighted by molar-refractivity contribution is 7.19. The van der Waals surface area contributed by atoms with Gasteiger partial charge in [-0.25, -0.2) is 0 Å². The topological polar surface area (TPSA) is 86.9 Å². The summed E-state index contributed by atoms with van der Waals surface area (Å²) in [6.07, 6.45) is 2.42. The van der Waals surface area contributed by atoms with E-state index in [1.165, 1.54) is 11.3 Å². The van der Waals surface area contributed by atoms with Crippen molar-refractivity contribution in [2.75, 3.05) is 0 Å². The monoisotopic (exact) mass is 329 g/mol. The third-order valence-corrected chi connectivity index (χ3v) is 4.97. The van der Waals surface area contributed by atoms with E-state index in [-0.39, 0.29) is 0 Å². The summed E-state index contributed by atoms with van der Waals surface area (Å²) >= 11 is 1.51. The normalized spacial score (nSPS) is 11.7. The molecule has 0 aliphatic heterocycles. The van der Waals surface area contributed by atoms with E-state index in [4.69, 9.17) is 4.52 Å². The van der Waals surface area contributed by atoms with Crippen LogP contribution in [0.5, 0.6) is 0 Å². The molecule has 4 aromatic rings. The fraction of sp³-hybridized carbons (Fsp3) is 0.357. The summed E-state index contributed by atoms with van der Waals surface area (Å²) in [5, 5.41) is 22.3. The maximum absolute atomic E-state index is 5.21. The summed E-state index contributed by atoms with van der Waals surface area (Å²) in [7, 11) is 1.92. The number of hydrogen-bond acceptors (Lipinski definition) is 7. The summed E-state index contributed by atoms with van der Waals surface area (Å²) < 4.78 is 8.84. The van der Waals surface area contributed by atoms with Crippen LogP contribution >= 0.6 is 11.3 Å². The van der Waals surface area contributed by atoms with Gasteiger partial charge in [0.15, 0.2) is 10.8 Å². The summed E-state index contributed by atoms with van der Waals surface area (Å²) in [4.78, 5) is 0.769. The molecule has 0 fully saturated rings. The van der Waals surface area contributed by atoms with Crippen LogP contribution in [0.15, 0.2) is 10.7 Å². The number of aryl methyl sites for hydroxylation is 3. The van der Waals surface area contributed by atoms with Crippen molar-refractivity contribution in [2.45, 2.75) is 27.2 Å². The summed E-state index contributed by atoms with van der Waals surface area (Å²) in [6, 6.07) is 0. The lowest BCUT2D eigenvalue weighted by molar-refractivity contribution is 0.392. The van der Waals surface area contributed by atoms with Gasteiger partial charge >= 0.3 is 0 Å². The molecule has 0 saturated carbocycles. The highest BCUT2D eigenvalue weighted by Gasteiger charge is 2.18. The molecule has 0 atom stereocenters. The van der Waals surface area contributed by atoms with E-state index < -0.39 is 0 Å². The van der Waals surface area contributed by atoms with E-state index in [2.05, 4.69) is 25.6 Å². The third kappa shape index (κ3) is 2.15. The third-order valence-electron chi connectivity index (χ3n) is 4.04. The van der Waals surface area contributed by atoms with Crippen molar-refractivity contribution in [3.05, 3.63) is 34.7 Å². The lowest BCUT2D eigenvalue weighted by atomic mass is 10.1. The molecule has 0 saturated heterocycles. The Hall–Kier alpha value is -2.55. The largest absolute Gasteiger partial charge is 0.361 e. The molecule has 0 bridgehead atoms. The Kier molecular flexibility index (Phi) is 3.05. The van der Waals surface area contributed by atoms with Crippen LogP contribution in [0.1, 0.15) is 28.5 Å². The van der Waals surface area contributed by atoms with E-state index in [0.717, 1.165) is 44.1 Å². The van der Waals surface area contributed by atoms with Crippen molar-refractivity contribution < 1.29 is 4.52 Å². The van der Waals surface area contributed by atoms with Crippen LogP contribution in [0.4, 0.5) is 0 Å². The second-order valence-electron chi connectivity index (χ2n) is 5.46. The van der Waals surface area contributed by atoms with Crippen molar-refractivity contribution in [1.82, 2.24) is 34.7 Å². The molecule has 0 aliphatic carbocycles. The molecular formula is C14H15N7OS. The first-order valence-electron chi connectivity index (χ1n) is 7.16.